The SMILES string of the molecule is CN=C(NCCCC(=O)OC1CCCC1)NC1CC1C.I. The molecule has 2 N–H and O–H groups in total. The van der Waals surface area contributed by atoms with Gasteiger partial charge in [0.15, 0.2) is 5.96 Å². The highest BCUT2D eigenvalue weighted by atomic mass is 127. The minimum atomic E-state index is -0.0579. The van der Waals surface area contributed by atoms with Crippen LogP contribution in [0.5, 0.6) is 0 Å². The smallest absolute Gasteiger partial charge is 0.306 e. The van der Waals surface area contributed by atoms with Crippen LogP contribution in [0.3, 0.4) is 0 Å². The van der Waals surface area contributed by atoms with E-state index in [1.54, 1.807) is 7.05 Å². The van der Waals surface area contributed by atoms with E-state index in [4.69, 9.17) is 4.74 Å². The Balaban J connectivity index is 0.00000220. The first-order valence-electron chi connectivity index (χ1n) is 7.85. The molecule has 0 spiro atoms. The topological polar surface area (TPSA) is 62.7 Å². The number of nitrogens with one attached hydrogen (secondary N) is 2. The molecule has 2 rings (SSSR count). The summed E-state index contributed by atoms with van der Waals surface area (Å²) in [6, 6.07) is 0.563. The zero-order chi connectivity index (χ0) is 14.4. The fourth-order valence-corrected chi connectivity index (χ4v) is 2.58. The minimum absolute atomic E-state index is 0. The summed E-state index contributed by atoms with van der Waals surface area (Å²) in [5.41, 5.74) is 0. The van der Waals surface area contributed by atoms with E-state index < -0.39 is 0 Å². The molecule has 2 atom stereocenters. The Morgan fingerprint density at radius 3 is 2.57 bits per heavy atom. The van der Waals surface area contributed by atoms with Crippen LogP contribution in [-0.4, -0.2) is 37.7 Å². The van der Waals surface area contributed by atoms with Gasteiger partial charge in [0, 0.05) is 26.1 Å². The number of aliphatic imine (C=N–C) groups is 1. The molecule has 21 heavy (non-hydrogen) atoms. The lowest BCUT2D eigenvalue weighted by Crippen LogP contribution is -2.39. The minimum Gasteiger partial charge on any atom is -0.462 e. The highest BCUT2D eigenvalue weighted by molar-refractivity contribution is 14.0. The van der Waals surface area contributed by atoms with E-state index in [-0.39, 0.29) is 36.0 Å². The van der Waals surface area contributed by atoms with Crippen molar-refractivity contribution in [2.75, 3.05) is 13.6 Å². The summed E-state index contributed by atoms with van der Waals surface area (Å²) in [5.74, 6) is 1.52. The molecule has 0 radical (unpaired) electrons. The summed E-state index contributed by atoms with van der Waals surface area (Å²) in [7, 11) is 1.77. The monoisotopic (exact) mass is 409 g/mol. The Morgan fingerprint density at radius 2 is 2.00 bits per heavy atom. The number of rotatable bonds is 6. The maximum Gasteiger partial charge on any atom is 0.306 e. The van der Waals surface area contributed by atoms with Crippen molar-refractivity contribution in [3.8, 4) is 0 Å². The standard InChI is InChI=1S/C15H27N3O2.HI/c1-11-10-13(11)18-15(16-2)17-9-5-8-14(19)20-12-6-3-4-7-12;/h11-13H,3-10H2,1-2H3,(H2,16,17,18);1H. The molecule has 2 aliphatic rings. The Bertz CT molecular complexity index is 357. The molecular weight excluding hydrogens is 381 g/mol. The van der Waals surface area contributed by atoms with Crippen molar-refractivity contribution in [3.63, 3.8) is 0 Å². The second-order valence-corrected chi connectivity index (χ2v) is 5.96. The van der Waals surface area contributed by atoms with Gasteiger partial charge in [-0.2, -0.15) is 0 Å². The van der Waals surface area contributed by atoms with E-state index in [0.29, 0.717) is 12.5 Å². The van der Waals surface area contributed by atoms with Crippen LogP contribution in [0.15, 0.2) is 4.99 Å². The fourth-order valence-electron chi connectivity index (χ4n) is 2.58. The van der Waals surface area contributed by atoms with Gasteiger partial charge in [0.2, 0.25) is 0 Å². The number of esters is 1. The summed E-state index contributed by atoms with van der Waals surface area (Å²) >= 11 is 0. The van der Waals surface area contributed by atoms with Crippen LogP contribution in [0.25, 0.3) is 0 Å². The molecule has 2 fully saturated rings. The molecule has 2 unspecified atom stereocenters. The fraction of sp³-hybridized carbons (Fsp3) is 0.867. The van der Waals surface area contributed by atoms with Crippen molar-refractivity contribution in [1.82, 2.24) is 10.6 Å². The Morgan fingerprint density at radius 1 is 1.33 bits per heavy atom. The van der Waals surface area contributed by atoms with Gasteiger partial charge in [-0.1, -0.05) is 6.92 Å². The number of halogens is 1. The Kier molecular flexibility index (Phi) is 8.36. The van der Waals surface area contributed by atoms with E-state index in [2.05, 4.69) is 22.5 Å². The van der Waals surface area contributed by atoms with Gasteiger partial charge >= 0.3 is 5.97 Å². The van der Waals surface area contributed by atoms with E-state index in [9.17, 15) is 4.79 Å². The lowest BCUT2D eigenvalue weighted by molar-refractivity contribution is -0.148. The number of ether oxygens (including phenoxy) is 1. The number of guanidine groups is 1. The molecule has 5 nitrogen and oxygen atoms in total. The number of nitrogens with zero attached hydrogens (tertiary/aromatic N) is 1. The lowest BCUT2D eigenvalue weighted by atomic mass is 10.3. The third-order valence-electron chi connectivity index (χ3n) is 4.11. The van der Waals surface area contributed by atoms with Gasteiger partial charge < -0.3 is 15.4 Å². The summed E-state index contributed by atoms with van der Waals surface area (Å²) in [6.45, 7) is 2.98. The van der Waals surface area contributed by atoms with Crippen LogP contribution in [0.2, 0.25) is 0 Å². The van der Waals surface area contributed by atoms with Crippen LogP contribution in [-0.2, 0) is 9.53 Å². The number of hydrogen-bond acceptors (Lipinski definition) is 3. The molecular formula is C15H28IN3O2. The molecule has 0 aliphatic heterocycles. The summed E-state index contributed by atoms with van der Waals surface area (Å²) in [4.78, 5) is 15.8. The van der Waals surface area contributed by atoms with Crippen LogP contribution < -0.4 is 10.6 Å². The van der Waals surface area contributed by atoms with Crippen molar-refractivity contribution in [3.05, 3.63) is 0 Å². The summed E-state index contributed by atoms with van der Waals surface area (Å²) in [5, 5.41) is 6.60. The highest BCUT2D eigenvalue weighted by Crippen LogP contribution is 2.28. The third-order valence-corrected chi connectivity index (χ3v) is 4.11. The number of hydrogen-bond donors (Lipinski definition) is 2. The van der Waals surface area contributed by atoms with Gasteiger partial charge in [-0.15, -0.1) is 24.0 Å². The molecule has 2 aliphatic carbocycles. The molecule has 0 heterocycles. The van der Waals surface area contributed by atoms with Crippen molar-refractivity contribution in [1.29, 1.82) is 0 Å². The van der Waals surface area contributed by atoms with Crippen molar-refractivity contribution >= 4 is 35.9 Å². The quantitative estimate of drug-likeness (QED) is 0.233. The molecule has 0 aromatic carbocycles. The number of carbonyl (C=O) groups is 1. The van der Waals surface area contributed by atoms with E-state index in [1.807, 2.05) is 0 Å². The van der Waals surface area contributed by atoms with Crippen molar-refractivity contribution < 1.29 is 9.53 Å². The summed E-state index contributed by atoms with van der Waals surface area (Å²) in [6.07, 6.45) is 7.14. The molecule has 0 saturated heterocycles. The maximum absolute atomic E-state index is 11.6. The van der Waals surface area contributed by atoms with Crippen LogP contribution in [0.4, 0.5) is 0 Å². The number of carbonyl (C=O) groups excluding carboxylic acids is 1. The molecule has 0 bridgehead atoms. The first kappa shape index (κ1) is 18.5. The van der Waals surface area contributed by atoms with Gasteiger partial charge in [0.25, 0.3) is 0 Å². The van der Waals surface area contributed by atoms with Gasteiger partial charge in [0.05, 0.1) is 0 Å². The van der Waals surface area contributed by atoms with E-state index in [0.717, 1.165) is 37.7 Å². The van der Waals surface area contributed by atoms with E-state index >= 15 is 0 Å². The van der Waals surface area contributed by atoms with Gasteiger partial charge in [0.1, 0.15) is 6.10 Å². The summed E-state index contributed by atoms with van der Waals surface area (Å²) < 4.78 is 5.42. The second-order valence-electron chi connectivity index (χ2n) is 5.96. The zero-order valence-corrected chi connectivity index (χ0v) is 15.4. The van der Waals surface area contributed by atoms with Crippen LogP contribution in [0.1, 0.15) is 51.9 Å². The van der Waals surface area contributed by atoms with Crippen molar-refractivity contribution in [2.45, 2.75) is 64.0 Å². The average Bonchev–Trinajstić information content (AvgIpc) is 2.90. The lowest BCUT2D eigenvalue weighted by Gasteiger charge is -2.13. The van der Waals surface area contributed by atoms with E-state index in [1.165, 1.54) is 19.3 Å². The van der Waals surface area contributed by atoms with Gasteiger partial charge in [-0.25, -0.2) is 0 Å². The predicted molar refractivity (Wildman–Crippen MR) is 95.1 cm³/mol. The van der Waals surface area contributed by atoms with Gasteiger partial charge in [-0.3, -0.25) is 9.79 Å². The molecule has 0 aromatic heterocycles. The predicted octanol–water partition coefficient (Wildman–Crippen LogP) is 2.44. The maximum atomic E-state index is 11.6. The molecule has 6 heteroatoms. The largest absolute Gasteiger partial charge is 0.462 e. The van der Waals surface area contributed by atoms with Crippen molar-refractivity contribution in [2.24, 2.45) is 10.9 Å². The Labute approximate surface area is 144 Å². The Hall–Kier alpha value is -0.530. The zero-order valence-electron chi connectivity index (χ0n) is 13.1. The first-order chi connectivity index (χ1) is 9.69. The molecule has 0 aromatic rings. The molecule has 2 saturated carbocycles. The van der Waals surface area contributed by atoms with Crippen LogP contribution in [0, 0.1) is 5.92 Å². The second kappa shape index (κ2) is 9.48. The highest BCUT2D eigenvalue weighted by Gasteiger charge is 2.33. The first-order valence-corrected chi connectivity index (χ1v) is 7.85. The van der Waals surface area contributed by atoms with Gasteiger partial charge in [-0.05, 0) is 44.4 Å². The third kappa shape index (κ3) is 6.84. The average molecular weight is 409 g/mol. The normalized spacial score (nSPS) is 25.1. The van der Waals surface area contributed by atoms with Crippen LogP contribution >= 0.6 is 24.0 Å². The molecule has 0 amide bonds. The molecule has 122 valence electrons.